The van der Waals surface area contributed by atoms with Crippen LogP contribution in [0, 0.1) is 0 Å². The molecule has 2 N–H and O–H groups in total. The largest absolute Gasteiger partial charge is 0.351 e. The maximum absolute atomic E-state index is 11.9. The van der Waals surface area contributed by atoms with Gasteiger partial charge in [0.1, 0.15) is 0 Å². The zero-order chi connectivity index (χ0) is 15.1. The lowest BCUT2D eigenvalue weighted by Crippen LogP contribution is -2.24. The predicted molar refractivity (Wildman–Crippen MR) is 88.1 cm³/mol. The average molecular weight is 290 g/mol. The fraction of sp³-hybridized carbons (Fsp3) is 0.211. The lowest BCUT2D eigenvalue weighted by molar-refractivity contribution is 0.250. The summed E-state index contributed by atoms with van der Waals surface area (Å²) < 4.78 is 1.70. The van der Waals surface area contributed by atoms with Crippen molar-refractivity contribution in [2.45, 2.75) is 25.2 Å². The molecule has 1 unspecified atom stereocenters. The average Bonchev–Trinajstić information content (AvgIpc) is 2.89. The molecule has 0 radical (unpaired) electrons. The molecule has 1 aromatic heterocycles. The van der Waals surface area contributed by atoms with E-state index in [1.807, 2.05) is 18.2 Å². The molecule has 22 heavy (non-hydrogen) atoms. The third kappa shape index (κ3) is 1.93. The second kappa shape index (κ2) is 5.02. The number of benzene rings is 2. The number of carbonyl (C=O) groups is 1. The minimum Gasteiger partial charge on any atom is -0.351 e. The molecule has 3 nitrogen and oxygen atoms in total. The number of nitrogens with two attached hydrogens (primary N) is 1. The Morgan fingerprint density at radius 2 is 1.77 bits per heavy atom. The fourth-order valence-corrected chi connectivity index (χ4v) is 3.77. The summed E-state index contributed by atoms with van der Waals surface area (Å²) in [7, 11) is 0. The molecule has 0 fully saturated rings. The fourth-order valence-electron chi connectivity index (χ4n) is 3.77. The molecule has 4 rings (SSSR count). The first-order chi connectivity index (χ1) is 10.8. The van der Waals surface area contributed by atoms with E-state index in [4.69, 9.17) is 5.73 Å². The Balaban J connectivity index is 1.85. The normalized spacial score (nSPS) is 17.4. The highest BCUT2D eigenvalue weighted by Gasteiger charge is 2.27. The van der Waals surface area contributed by atoms with Gasteiger partial charge in [-0.15, -0.1) is 0 Å². The van der Waals surface area contributed by atoms with Gasteiger partial charge in [-0.1, -0.05) is 48.5 Å². The minimum atomic E-state index is -0.379. The lowest BCUT2D eigenvalue weighted by atomic mass is 9.82. The van der Waals surface area contributed by atoms with Crippen LogP contribution in [0.1, 0.15) is 29.2 Å². The van der Waals surface area contributed by atoms with Crippen molar-refractivity contribution >= 4 is 16.9 Å². The number of amides is 1. The van der Waals surface area contributed by atoms with Gasteiger partial charge >= 0.3 is 6.03 Å². The molecule has 1 heterocycles. The molecule has 0 bridgehead atoms. The maximum Gasteiger partial charge on any atom is 0.323 e. The van der Waals surface area contributed by atoms with Crippen LogP contribution in [-0.4, -0.2) is 10.6 Å². The molecule has 0 saturated carbocycles. The van der Waals surface area contributed by atoms with Crippen LogP contribution >= 0.6 is 0 Å². The molecule has 1 aliphatic carbocycles. The molecule has 0 aliphatic heterocycles. The number of rotatable bonds is 1. The quantitative estimate of drug-likeness (QED) is 0.727. The molecule has 110 valence electrons. The topological polar surface area (TPSA) is 48.0 Å². The van der Waals surface area contributed by atoms with Crippen LogP contribution in [0.2, 0.25) is 0 Å². The number of hydrogen-bond donors (Lipinski definition) is 1. The van der Waals surface area contributed by atoms with Gasteiger partial charge in [-0.25, -0.2) is 4.79 Å². The maximum atomic E-state index is 11.9. The Labute approximate surface area is 129 Å². The zero-order valence-corrected chi connectivity index (χ0v) is 12.3. The standard InChI is InChI=1S/C19H18N2O/c20-19(22)21-17-9-5-4-8-15(17)16-12-14(10-11-18(16)21)13-6-2-1-3-7-13/h1-9,14H,10-12H2,(H2,20,22). The molecule has 2 aromatic carbocycles. The Bertz CT molecular complexity index is 849. The van der Waals surface area contributed by atoms with Crippen LogP contribution in [-0.2, 0) is 12.8 Å². The minimum absolute atomic E-state index is 0.379. The molecule has 1 atom stereocenters. The smallest absolute Gasteiger partial charge is 0.323 e. The van der Waals surface area contributed by atoms with Crippen molar-refractivity contribution in [3.05, 3.63) is 71.4 Å². The third-order valence-electron chi connectivity index (χ3n) is 4.76. The number of carbonyl (C=O) groups excluding carboxylic acids is 1. The highest BCUT2D eigenvalue weighted by atomic mass is 16.2. The summed E-state index contributed by atoms with van der Waals surface area (Å²) in [6.45, 7) is 0. The number of nitrogens with zero attached hydrogens (tertiary/aromatic N) is 1. The number of hydrogen-bond acceptors (Lipinski definition) is 1. The van der Waals surface area contributed by atoms with Crippen molar-refractivity contribution in [1.29, 1.82) is 0 Å². The Morgan fingerprint density at radius 3 is 2.55 bits per heavy atom. The molecule has 0 spiro atoms. The monoisotopic (exact) mass is 290 g/mol. The third-order valence-corrected chi connectivity index (χ3v) is 4.76. The summed E-state index contributed by atoms with van der Waals surface area (Å²) >= 11 is 0. The van der Waals surface area contributed by atoms with Gasteiger partial charge in [0.25, 0.3) is 0 Å². The summed E-state index contributed by atoms with van der Waals surface area (Å²) in [5.41, 5.74) is 10.3. The van der Waals surface area contributed by atoms with E-state index in [9.17, 15) is 4.79 Å². The first-order valence-electron chi connectivity index (χ1n) is 7.71. The first kappa shape index (κ1) is 13.1. The van der Waals surface area contributed by atoms with E-state index in [0.717, 1.165) is 35.9 Å². The van der Waals surface area contributed by atoms with E-state index in [-0.39, 0.29) is 6.03 Å². The number of aromatic nitrogens is 1. The van der Waals surface area contributed by atoms with Crippen LogP contribution in [0.3, 0.4) is 0 Å². The van der Waals surface area contributed by atoms with Gasteiger partial charge in [0, 0.05) is 11.1 Å². The van der Waals surface area contributed by atoms with Crippen molar-refractivity contribution in [2.24, 2.45) is 5.73 Å². The molecule has 1 aliphatic rings. The van der Waals surface area contributed by atoms with Crippen molar-refractivity contribution in [3.8, 4) is 0 Å². The van der Waals surface area contributed by atoms with Gasteiger partial charge in [-0.2, -0.15) is 0 Å². The number of primary amides is 1. The summed E-state index contributed by atoms with van der Waals surface area (Å²) in [6, 6.07) is 18.3. The van der Waals surface area contributed by atoms with Crippen molar-refractivity contribution in [2.75, 3.05) is 0 Å². The van der Waals surface area contributed by atoms with Gasteiger partial charge < -0.3 is 5.73 Å². The lowest BCUT2D eigenvalue weighted by Gasteiger charge is -2.24. The van der Waals surface area contributed by atoms with E-state index in [2.05, 4.69) is 36.4 Å². The summed E-state index contributed by atoms with van der Waals surface area (Å²) in [5.74, 6) is 0.515. The van der Waals surface area contributed by atoms with Crippen LogP contribution < -0.4 is 5.73 Å². The predicted octanol–water partition coefficient (Wildman–Crippen LogP) is 3.84. The molecule has 3 heteroatoms. The van der Waals surface area contributed by atoms with Crippen molar-refractivity contribution < 1.29 is 4.79 Å². The van der Waals surface area contributed by atoms with Gasteiger partial charge in [-0.3, -0.25) is 4.57 Å². The van der Waals surface area contributed by atoms with Crippen LogP contribution in [0.5, 0.6) is 0 Å². The summed E-state index contributed by atoms with van der Waals surface area (Å²) in [5, 5.41) is 1.16. The van der Waals surface area contributed by atoms with E-state index >= 15 is 0 Å². The molecular weight excluding hydrogens is 272 g/mol. The van der Waals surface area contributed by atoms with Crippen LogP contribution in [0.25, 0.3) is 10.9 Å². The Hall–Kier alpha value is -2.55. The number of para-hydroxylation sites is 1. The van der Waals surface area contributed by atoms with Crippen molar-refractivity contribution in [1.82, 2.24) is 4.57 Å². The zero-order valence-electron chi connectivity index (χ0n) is 12.3. The van der Waals surface area contributed by atoms with Crippen LogP contribution in [0.15, 0.2) is 54.6 Å². The van der Waals surface area contributed by atoms with Gasteiger partial charge in [0.2, 0.25) is 0 Å². The first-order valence-corrected chi connectivity index (χ1v) is 7.71. The molecule has 3 aromatic rings. The molecule has 0 saturated heterocycles. The Kier molecular flexibility index (Phi) is 3.00. The van der Waals surface area contributed by atoms with E-state index in [1.165, 1.54) is 11.1 Å². The highest BCUT2D eigenvalue weighted by molar-refractivity contribution is 5.95. The van der Waals surface area contributed by atoms with Crippen LogP contribution in [0.4, 0.5) is 4.79 Å². The van der Waals surface area contributed by atoms with Gasteiger partial charge in [0.15, 0.2) is 0 Å². The molecular formula is C19H18N2O. The van der Waals surface area contributed by atoms with Gasteiger partial charge in [0.05, 0.1) is 5.52 Å². The van der Waals surface area contributed by atoms with E-state index < -0.39 is 0 Å². The number of fused-ring (bicyclic) bond motifs is 3. The summed E-state index contributed by atoms with van der Waals surface area (Å²) in [4.78, 5) is 11.9. The van der Waals surface area contributed by atoms with E-state index in [1.54, 1.807) is 4.57 Å². The van der Waals surface area contributed by atoms with Gasteiger partial charge in [-0.05, 0) is 42.4 Å². The second-order valence-electron chi connectivity index (χ2n) is 5.97. The second-order valence-corrected chi connectivity index (χ2v) is 5.97. The summed E-state index contributed by atoms with van der Waals surface area (Å²) in [6.07, 6.45) is 2.92. The highest BCUT2D eigenvalue weighted by Crippen LogP contribution is 2.38. The SMILES string of the molecule is NC(=O)n1c2c(c3ccccc31)CC(c1ccccc1)CC2. The Morgan fingerprint density at radius 1 is 1.05 bits per heavy atom. The van der Waals surface area contributed by atoms with Crippen molar-refractivity contribution in [3.63, 3.8) is 0 Å². The van der Waals surface area contributed by atoms with E-state index in [0.29, 0.717) is 5.92 Å². The molecule has 1 amide bonds.